The zero-order valence-corrected chi connectivity index (χ0v) is 31.2. The van der Waals surface area contributed by atoms with Gasteiger partial charge in [-0.3, -0.25) is 14.4 Å². The van der Waals surface area contributed by atoms with Gasteiger partial charge in [0.1, 0.15) is 17.5 Å². The number of anilines is 2. The van der Waals surface area contributed by atoms with Gasteiger partial charge in [0.25, 0.3) is 0 Å². The van der Waals surface area contributed by atoms with Crippen molar-refractivity contribution >= 4 is 35.1 Å². The fourth-order valence-electron chi connectivity index (χ4n) is 7.06. The van der Waals surface area contributed by atoms with Crippen LogP contribution >= 0.6 is 0 Å². The number of amides is 5. The second kappa shape index (κ2) is 19.9. The van der Waals surface area contributed by atoms with Crippen LogP contribution in [0.5, 0.6) is 11.5 Å². The van der Waals surface area contributed by atoms with Crippen molar-refractivity contribution in [1.82, 2.24) is 20.0 Å². The number of nitrogens with zero attached hydrogens (tertiary/aromatic N) is 3. The first kappa shape index (κ1) is 39.5. The van der Waals surface area contributed by atoms with E-state index >= 15 is 0 Å². The smallest absolute Gasteiger partial charge is 0.319 e. The van der Waals surface area contributed by atoms with Crippen molar-refractivity contribution in [1.29, 1.82) is 0 Å². The third-order valence-corrected chi connectivity index (χ3v) is 10.1. The van der Waals surface area contributed by atoms with E-state index in [-0.39, 0.29) is 24.1 Å². The fourth-order valence-corrected chi connectivity index (χ4v) is 7.06. The lowest BCUT2D eigenvalue weighted by Crippen LogP contribution is -2.55. The zero-order valence-electron chi connectivity index (χ0n) is 31.2. The molecule has 0 aliphatic carbocycles. The third-order valence-electron chi connectivity index (χ3n) is 10.1. The molecule has 12 nitrogen and oxygen atoms in total. The van der Waals surface area contributed by atoms with Crippen molar-refractivity contribution in [2.24, 2.45) is 5.92 Å². The fraction of sp³-hybridized carbons (Fsp3) is 0.590. The van der Waals surface area contributed by atoms with Gasteiger partial charge in [-0.15, -0.1) is 0 Å². The molecular formula is C39H58N6O6. The number of hydrogen-bond acceptors (Lipinski definition) is 7. The van der Waals surface area contributed by atoms with Crippen molar-refractivity contribution in [3.05, 3.63) is 48.0 Å². The van der Waals surface area contributed by atoms with E-state index in [0.717, 1.165) is 50.9 Å². The number of carbonyl (C=O) groups is 4. The van der Waals surface area contributed by atoms with E-state index < -0.39 is 12.1 Å². The van der Waals surface area contributed by atoms with Crippen LogP contribution in [0.25, 0.3) is 0 Å². The Labute approximate surface area is 303 Å². The van der Waals surface area contributed by atoms with Gasteiger partial charge in [-0.05, 0) is 75.6 Å². The summed E-state index contributed by atoms with van der Waals surface area (Å²) in [5, 5.41) is 8.37. The molecule has 2 aromatic rings. The molecule has 3 N–H and O–H groups in total. The van der Waals surface area contributed by atoms with E-state index in [1.165, 1.54) is 46.0 Å². The maximum absolute atomic E-state index is 13.7. The molecule has 3 fully saturated rings. The Kier molecular flexibility index (Phi) is 15.4. The number of benzene rings is 2. The molecule has 3 saturated heterocycles. The van der Waals surface area contributed by atoms with Crippen LogP contribution in [0.3, 0.4) is 0 Å². The molecule has 2 aromatic carbocycles. The molecular weight excluding hydrogens is 648 g/mol. The van der Waals surface area contributed by atoms with Crippen molar-refractivity contribution in [2.75, 3.05) is 64.1 Å². The minimum Gasteiger partial charge on any atom is -0.497 e. The topological polar surface area (TPSA) is 133 Å². The summed E-state index contributed by atoms with van der Waals surface area (Å²) in [4.78, 5) is 57.0. The molecule has 12 heteroatoms. The summed E-state index contributed by atoms with van der Waals surface area (Å²) < 4.78 is 10.6. The molecule has 51 heavy (non-hydrogen) atoms. The molecule has 0 aromatic heterocycles. The molecule has 1 atom stereocenters. The molecule has 0 radical (unpaired) electrons. The average molecular weight is 707 g/mol. The summed E-state index contributed by atoms with van der Waals surface area (Å²) in [5.74, 6) is 1.36. The Hall–Kier alpha value is -4.32. The number of carbonyl (C=O) groups excluding carboxylic acids is 4. The molecule has 0 bridgehead atoms. The Morgan fingerprint density at radius 2 is 1.41 bits per heavy atom. The maximum Gasteiger partial charge on any atom is 0.319 e. The molecule has 1 unspecified atom stereocenters. The van der Waals surface area contributed by atoms with Crippen LogP contribution in [0.1, 0.15) is 77.7 Å². The lowest BCUT2D eigenvalue weighted by molar-refractivity contribution is -0.140. The number of urea groups is 1. The van der Waals surface area contributed by atoms with Crippen molar-refractivity contribution in [3.8, 4) is 11.5 Å². The van der Waals surface area contributed by atoms with E-state index in [1.54, 1.807) is 18.2 Å². The lowest BCUT2D eigenvalue weighted by Gasteiger charge is -2.41. The van der Waals surface area contributed by atoms with E-state index in [1.807, 2.05) is 34.1 Å². The van der Waals surface area contributed by atoms with Gasteiger partial charge in [0.05, 0.1) is 20.6 Å². The first-order valence-electron chi connectivity index (χ1n) is 18.6. The van der Waals surface area contributed by atoms with E-state index in [9.17, 15) is 19.2 Å². The minimum atomic E-state index is -0.934. The van der Waals surface area contributed by atoms with Crippen molar-refractivity contribution in [2.45, 2.75) is 90.6 Å². The number of ether oxygens (including phenoxy) is 2. The van der Waals surface area contributed by atoms with Gasteiger partial charge in [-0.25, -0.2) is 4.79 Å². The van der Waals surface area contributed by atoms with Crippen LogP contribution in [0, 0.1) is 5.92 Å². The van der Waals surface area contributed by atoms with Crippen molar-refractivity contribution in [3.63, 3.8) is 0 Å². The molecule has 3 heterocycles. The summed E-state index contributed by atoms with van der Waals surface area (Å²) in [5.41, 5.74) is 2.56. The number of rotatable bonds is 10. The zero-order chi connectivity index (χ0) is 36.8. The first-order valence-corrected chi connectivity index (χ1v) is 18.6. The molecule has 3 aliphatic rings. The van der Waals surface area contributed by atoms with Gasteiger partial charge < -0.3 is 40.1 Å². The van der Waals surface area contributed by atoms with Crippen LogP contribution in [0.2, 0.25) is 0 Å². The Morgan fingerprint density at radius 3 is 2.00 bits per heavy atom. The number of piperidine rings is 3. The second-order valence-electron chi connectivity index (χ2n) is 13.9. The maximum atomic E-state index is 13.7. The van der Waals surface area contributed by atoms with Crippen LogP contribution in [-0.2, 0) is 20.8 Å². The highest BCUT2D eigenvalue weighted by Gasteiger charge is 2.34. The highest BCUT2D eigenvalue weighted by Crippen LogP contribution is 2.26. The molecule has 3 aliphatic heterocycles. The van der Waals surface area contributed by atoms with E-state index in [0.29, 0.717) is 55.3 Å². The predicted molar refractivity (Wildman–Crippen MR) is 200 cm³/mol. The minimum absolute atomic E-state index is 0.0177. The largest absolute Gasteiger partial charge is 0.497 e. The number of para-hydroxylation sites is 1. The first-order chi connectivity index (χ1) is 24.6. The van der Waals surface area contributed by atoms with Crippen LogP contribution in [-0.4, -0.2) is 104 Å². The molecule has 280 valence electrons. The summed E-state index contributed by atoms with van der Waals surface area (Å²) in [6.45, 7) is 10.7. The van der Waals surface area contributed by atoms with Crippen LogP contribution in [0.4, 0.5) is 16.2 Å². The molecule has 5 amide bonds. The van der Waals surface area contributed by atoms with Crippen LogP contribution in [0.15, 0.2) is 42.5 Å². The summed E-state index contributed by atoms with van der Waals surface area (Å²) in [6.07, 6.45) is 8.45. The number of nitrogens with one attached hydrogen (secondary N) is 3. The second-order valence-corrected chi connectivity index (χ2v) is 13.9. The van der Waals surface area contributed by atoms with Crippen LogP contribution < -0.4 is 25.4 Å². The Morgan fingerprint density at radius 1 is 0.804 bits per heavy atom. The Balaban J connectivity index is 0.000000411. The van der Waals surface area contributed by atoms with Gasteiger partial charge in [0.15, 0.2) is 0 Å². The quantitative estimate of drug-likeness (QED) is 0.296. The Bertz CT molecular complexity index is 1430. The summed E-state index contributed by atoms with van der Waals surface area (Å²) in [6, 6.07) is 11.9. The number of likely N-dealkylation sites (tertiary alicyclic amines) is 3. The van der Waals surface area contributed by atoms with E-state index in [4.69, 9.17) is 9.47 Å². The SMILES string of the molecule is CCc1ccccc1NC(C)=O.COc1cc(NC(=O)NC(CC(=O)N2CCC(C)CC2)C(=O)N2CCC(N3CCCCC3)CC2)cc(OC)c1. The highest BCUT2D eigenvalue weighted by atomic mass is 16.5. The lowest BCUT2D eigenvalue weighted by atomic mass is 9.98. The highest BCUT2D eigenvalue weighted by molar-refractivity contribution is 5.96. The molecule has 0 saturated carbocycles. The molecule has 0 spiro atoms. The predicted octanol–water partition coefficient (Wildman–Crippen LogP) is 5.53. The van der Waals surface area contributed by atoms with Gasteiger partial charge in [0.2, 0.25) is 17.7 Å². The monoisotopic (exact) mass is 706 g/mol. The van der Waals surface area contributed by atoms with Gasteiger partial charge in [0, 0.05) is 68.7 Å². The molecule has 5 rings (SSSR count). The van der Waals surface area contributed by atoms with Gasteiger partial charge in [-0.1, -0.05) is 38.5 Å². The number of methoxy groups -OCH3 is 2. The number of aryl methyl sites for hydroxylation is 1. The average Bonchev–Trinajstić information content (AvgIpc) is 3.15. The summed E-state index contributed by atoms with van der Waals surface area (Å²) in [7, 11) is 3.07. The number of hydrogen-bond donors (Lipinski definition) is 3. The van der Waals surface area contributed by atoms with Gasteiger partial charge in [-0.2, -0.15) is 0 Å². The van der Waals surface area contributed by atoms with E-state index in [2.05, 4.69) is 34.7 Å². The normalized spacial score (nSPS) is 17.7. The standard InChI is InChI=1S/C29H45N5O5.C10H13NO/c1-21-7-13-33(14-8-21)27(35)20-26(31-29(37)30-22-17-24(38-2)19-25(18-22)39-3)28(36)34-15-9-23(10-16-34)32-11-5-4-6-12-32;1-3-9-6-4-5-7-10(9)11-8(2)12/h17-19,21,23,26H,4-16,20H2,1-3H3,(H2,30,31,37);4-7H,3H2,1-2H3,(H,11,12). The summed E-state index contributed by atoms with van der Waals surface area (Å²) >= 11 is 0. The third kappa shape index (κ3) is 12.2. The van der Waals surface area contributed by atoms with Crippen molar-refractivity contribution < 1.29 is 28.7 Å². The van der Waals surface area contributed by atoms with Gasteiger partial charge >= 0.3 is 6.03 Å².